The Morgan fingerprint density at radius 1 is 1.18 bits per heavy atom. The molecule has 0 aliphatic heterocycles. The van der Waals surface area contributed by atoms with Crippen LogP contribution in [0.1, 0.15) is 68.9 Å². The standard InChI is InChI=1S/C16H23F/c1-2-3-7-14-10-11-15(12-16(14)17)13-8-5-4-6-9-13/h10-13H,2-9H2,1H3. The van der Waals surface area contributed by atoms with Gasteiger partial charge in [-0.05, 0) is 48.8 Å². The van der Waals surface area contributed by atoms with E-state index in [0.29, 0.717) is 5.92 Å². The van der Waals surface area contributed by atoms with Crippen LogP contribution >= 0.6 is 0 Å². The Balaban J connectivity index is 2.06. The lowest BCUT2D eigenvalue weighted by Gasteiger charge is -2.22. The van der Waals surface area contributed by atoms with Crippen LogP contribution in [0.15, 0.2) is 18.2 Å². The first-order valence-electron chi connectivity index (χ1n) is 7.09. The van der Waals surface area contributed by atoms with E-state index in [9.17, 15) is 4.39 Å². The van der Waals surface area contributed by atoms with Crippen molar-refractivity contribution in [2.75, 3.05) is 0 Å². The lowest BCUT2D eigenvalue weighted by Crippen LogP contribution is -2.05. The average molecular weight is 234 g/mol. The van der Waals surface area contributed by atoms with Gasteiger partial charge in [0.2, 0.25) is 0 Å². The van der Waals surface area contributed by atoms with Gasteiger partial charge in [0.05, 0.1) is 0 Å². The molecule has 2 rings (SSSR count). The van der Waals surface area contributed by atoms with E-state index in [0.717, 1.165) is 24.8 Å². The SMILES string of the molecule is CCCCc1ccc(C2CCCCC2)cc1F. The van der Waals surface area contributed by atoms with Crippen molar-refractivity contribution in [1.82, 2.24) is 0 Å². The van der Waals surface area contributed by atoms with E-state index >= 15 is 0 Å². The van der Waals surface area contributed by atoms with E-state index in [-0.39, 0.29) is 5.82 Å². The minimum absolute atomic E-state index is 0.0153. The fraction of sp³-hybridized carbons (Fsp3) is 0.625. The summed E-state index contributed by atoms with van der Waals surface area (Å²) in [5.41, 5.74) is 2.12. The first kappa shape index (κ1) is 12.6. The maximum absolute atomic E-state index is 13.9. The molecule has 1 heteroatoms. The fourth-order valence-electron chi connectivity index (χ4n) is 2.82. The number of aryl methyl sites for hydroxylation is 1. The lowest BCUT2D eigenvalue weighted by atomic mass is 9.83. The highest BCUT2D eigenvalue weighted by Gasteiger charge is 2.16. The Kier molecular flexibility index (Phi) is 4.58. The smallest absolute Gasteiger partial charge is 0.126 e. The monoisotopic (exact) mass is 234 g/mol. The molecule has 94 valence electrons. The summed E-state index contributed by atoms with van der Waals surface area (Å²) in [6, 6.07) is 5.96. The zero-order valence-corrected chi connectivity index (χ0v) is 10.8. The Morgan fingerprint density at radius 2 is 1.94 bits per heavy atom. The van der Waals surface area contributed by atoms with Crippen molar-refractivity contribution in [3.8, 4) is 0 Å². The summed E-state index contributed by atoms with van der Waals surface area (Å²) < 4.78 is 13.9. The fourth-order valence-corrected chi connectivity index (χ4v) is 2.82. The maximum atomic E-state index is 13.9. The second-order valence-electron chi connectivity index (χ2n) is 5.29. The summed E-state index contributed by atoms with van der Waals surface area (Å²) in [4.78, 5) is 0. The molecule has 17 heavy (non-hydrogen) atoms. The van der Waals surface area contributed by atoms with Crippen LogP contribution in [0.5, 0.6) is 0 Å². The Morgan fingerprint density at radius 3 is 2.59 bits per heavy atom. The summed E-state index contributed by atoms with van der Waals surface area (Å²) in [6.07, 6.45) is 9.56. The summed E-state index contributed by atoms with van der Waals surface area (Å²) >= 11 is 0. The van der Waals surface area contributed by atoms with Crippen molar-refractivity contribution in [2.45, 2.75) is 64.2 Å². The maximum Gasteiger partial charge on any atom is 0.126 e. The molecule has 0 spiro atoms. The molecule has 1 aliphatic rings. The molecular weight excluding hydrogens is 211 g/mol. The molecule has 1 aliphatic carbocycles. The minimum Gasteiger partial charge on any atom is -0.207 e. The van der Waals surface area contributed by atoms with Gasteiger partial charge in [-0.25, -0.2) is 4.39 Å². The van der Waals surface area contributed by atoms with Gasteiger partial charge in [0.25, 0.3) is 0 Å². The molecule has 0 heterocycles. The van der Waals surface area contributed by atoms with E-state index in [2.05, 4.69) is 13.0 Å². The van der Waals surface area contributed by atoms with Crippen molar-refractivity contribution in [1.29, 1.82) is 0 Å². The molecular formula is C16H23F. The molecule has 0 saturated heterocycles. The Labute approximate surface area is 104 Å². The molecule has 1 fully saturated rings. The third kappa shape index (κ3) is 3.31. The highest BCUT2D eigenvalue weighted by molar-refractivity contribution is 5.27. The topological polar surface area (TPSA) is 0 Å². The third-order valence-electron chi connectivity index (χ3n) is 3.95. The van der Waals surface area contributed by atoms with Crippen LogP contribution in [0.3, 0.4) is 0 Å². The molecule has 0 amide bonds. The number of hydrogen-bond donors (Lipinski definition) is 0. The van der Waals surface area contributed by atoms with E-state index in [4.69, 9.17) is 0 Å². The van der Waals surface area contributed by atoms with Gasteiger partial charge in [-0.2, -0.15) is 0 Å². The van der Waals surface area contributed by atoms with Gasteiger partial charge in [0.1, 0.15) is 5.82 Å². The number of hydrogen-bond acceptors (Lipinski definition) is 0. The van der Waals surface area contributed by atoms with E-state index in [1.165, 1.54) is 37.7 Å². The first-order valence-corrected chi connectivity index (χ1v) is 7.09. The second-order valence-corrected chi connectivity index (χ2v) is 5.29. The average Bonchev–Trinajstić information content (AvgIpc) is 2.38. The van der Waals surface area contributed by atoms with Gasteiger partial charge in [-0.15, -0.1) is 0 Å². The zero-order chi connectivity index (χ0) is 12.1. The summed E-state index contributed by atoms with van der Waals surface area (Å²) in [5.74, 6) is 0.625. The van der Waals surface area contributed by atoms with Crippen LogP contribution in [-0.4, -0.2) is 0 Å². The van der Waals surface area contributed by atoms with Gasteiger partial charge in [-0.3, -0.25) is 0 Å². The summed E-state index contributed by atoms with van der Waals surface area (Å²) in [7, 11) is 0. The quantitative estimate of drug-likeness (QED) is 0.670. The van der Waals surface area contributed by atoms with Crippen molar-refractivity contribution < 1.29 is 4.39 Å². The Hall–Kier alpha value is -0.850. The summed E-state index contributed by atoms with van der Waals surface area (Å²) in [6.45, 7) is 2.15. The molecule has 0 unspecified atom stereocenters. The summed E-state index contributed by atoms with van der Waals surface area (Å²) in [5, 5.41) is 0. The first-order chi connectivity index (χ1) is 8.31. The molecule has 1 saturated carbocycles. The zero-order valence-electron chi connectivity index (χ0n) is 10.8. The molecule has 1 aromatic carbocycles. The molecule has 0 aromatic heterocycles. The molecule has 0 atom stereocenters. The van der Waals surface area contributed by atoms with E-state index in [1.54, 1.807) is 6.07 Å². The van der Waals surface area contributed by atoms with Crippen molar-refractivity contribution in [3.05, 3.63) is 35.1 Å². The van der Waals surface area contributed by atoms with Gasteiger partial charge in [0, 0.05) is 0 Å². The van der Waals surface area contributed by atoms with Crippen LogP contribution in [0, 0.1) is 5.82 Å². The molecule has 0 bridgehead atoms. The molecule has 0 radical (unpaired) electrons. The number of rotatable bonds is 4. The molecule has 1 aromatic rings. The molecule has 0 N–H and O–H groups in total. The van der Waals surface area contributed by atoms with Crippen molar-refractivity contribution in [2.24, 2.45) is 0 Å². The van der Waals surface area contributed by atoms with E-state index < -0.39 is 0 Å². The number of unbranched alkanes of at least 4 members (excludes halogenated alkanes) is 1. The Bertz CT molecular complexity index is 351. The lowest BCUT2D eigenvalue weighted by molar-refractivity contribution is 0.441. The van der Waals surface area contributed by atoms with Crippen LogP contribution in [0.25, 0.3) is 0 Å². The van der Waals surface area contributed by atoms with Gasteiger partial charge >= 0.3 is 0 Å². The molecule has 0 nitrogen and oxygen atoms in total. The predicted molar refractivity (Wildman–Crippen MR) is 70.8 cm³/mol. The highest BCUT2D eigenvalue weighted by atomic mass is 19.1. The van der Waals surface area contributed by atoms with Crippen molar-refractivity contribution in [3.63, 3.8) is 0 Å². The van der Waals surface area contributed by atoms with Gasteiger partial charge in [0.15, 0.2) is 0 Å². The van der Waals surface area contributed by atoms with Gasteiger partial charge in [-0.1, -0.05) is 44.7 Å². The van der Waals surface area contributed by atoms with Gasteiger partial charge < -0.3 is 0 Å². The third-order valence-corrected chi connectivity index (χ3v) is 3.95. The number of benzene rings is 1. The normalized spacial score (nSPS) is 17.3. The predicted octanol–water partition coefficient (Wildman–Crippen LogP) is 5.22. The highest BCUT2D eigenvalue weighted by Crippen LogP contribution is 2.33. The van der Waals surface area contributed by atoms with Crippen molar-refractivity contribution >= 4 is 0 Å². The van der Waals surface area contributed by atoms with Crippen LogP contribution in [-0.2, 0) is 6.42 Å². The number of halogens is 1. The van der Waals surface area contributed by atoms with E-state index in [1.807, 2.05) is 6.07 Å². The van der Waals surface area contributed by atoms with Crippen LogP contribution < -0.4 is 0 Å². The minimum atomic E-state index is 0.0153. The van der Waals surface area contributed by atoms with Crippen LogP contribution in [0.2, 0.25) is 0 Å². The second kappa shape index (κ2) is 6.18. The largest absolute Gasteiger partial charge is 0.207 e. The van der Waals surface area contributed by atoms with Crippen LogP contribution in [0.4, 0.5) is 4.39 Å².